The van der Waals surface area contributed by atoms with Crippen LogP contribution in [0.4, 0.5) is 0 Å². The lowest BCUT2D eigenvalue weighted by Gasteiger charge is -2.40. The van der Waals surface area contributed by atoms with Gasteiger partial charge in [-0.3, -0.25) is 4.79 Å². The van der Waals surface area contributed by atoms with Crippen molar-refractivity contribution in [3.63, 3.8) is 0 Å². The van der Waals surface area contributed by atoms with Crippen LogP contribution in [-0.2, 0) is 5.54 Å². The van der Waals surface area contributed by atoms with Crippen molar-refractivity contribution in [3.05, 3.63) is 65.5 Å². The van der Waals surface area contributed by atoms with Crippen molar-refractivity contribution in [2.24, 2.45) is 5.92 Å². The molecule has 1 aliphatic rings. The lowest BCUT2D eigenvalue weighted by Crippen LogP contribution is -2.49. The molecule has 134 valence electrons. The molecule has 1 amide bonds. The van der Waals surface area contributed by atoms with Gasteiger partial charge >= 0.3 is 0 Å². The van der Waals surface area contributed by atoms with Gasteiger partial charge in [0.05, 0.1) is 0 Å². The highest BCUT2D eigenvalue weighted by molar-refractivity contribution is 6.00. The predicted octanol–water partition coefficient (Wildman–Crippen LogP) is 4.98. The highest BCUT2D eigenvalue weighted by Crippen LogP contribution is 2.49. The quantitative estimate of drug-likeness (QED) is 0.653. The van der Waals surface area contributed by atoms with E-state index in [0.717, 1.165) is 35.1 Å². The minimum absolute atomic E-state index is 0.0741. The van der Waals surface area contributed by atoms with Crippen LogP contribution in [0.2, 0.25) is 0 Å². The monoisotopic (exact) mass is 348 g/mol. The first-order valence-electron chi connectivity index (χ1n) is 9.38. The van der Waals surface area contributed by atoms with Crippen LogP contribution >= 0.6 is 0 Å². The zero-order valence-electron chi connectivity index (χ0n) is 15.5. The molecule has 0 fully saturated rings. The molecule has 1 aliphatic heterocycles. The zero-order valence-corrected chi connectivity index (χ0v) is 15.5. The Balaban J connectivity index is 2.00. The molecule has 2 aromatic carbocycles. The van der Waals surface area contributed by atoms with Crippen LogP contribution in [0.3, 0.4) is 0 Å². The molecule has 0 N–H and O–H groups in total. The maximum absolute atomic E-state index is 13.3. The molecule has 0 saturated carbocycles. The van der Waals surface area contributed by atoms with Crippen molar-refractivity contribution < 1.29 is 9.21 Å². The minimum atomic E-state index is -0.665. The standard InChI is InChI=1S/C22H24N2O2/c1-4-5-14-24-20(25)16-10-6-7-11-17(16)22(24,15(2)3)21-23-18-12-8-9-13-19(18)26-21/h6-13,15H,4-5,14H2,1-3H3. The van der Waals surface area contributed by atoms with E-state index in [2.05, 4.69) is 20.8 Å². The number of unbranched alkanes of at least 4 members (excludes halogenated alkanes) is 1. The van der Waals surface area contributed by atoms with Crippen LogP contribution in [0.25, 0.3) is 11.1 Å². The first-order valence-corrected chi connectivity index (χ1v) is 9.38. The number of hydrogen-bond acceptors (Lipinski definition) is 3. The summed E-state index contributed by atoms with van der Waals surface area (Å²) in [5, 5.41) is 0. The zero-order chi connectivity index (χ0) is 18.3. The average Bonchev–Trinajstić information content (AvgIpc) is 3.18. The van der Waals surface area contributed by atoms with Gasteiger partial charge in [0.15, 0.2) is 5.58 Å². The smallest absolute Gasteiger partial charge is 0.255 e. The van der Waals surface area contributed by atoms with E-state index in [-0.39, 0.29) is 11.8 Å². The molecule has 4 heteroatoms. The fourth-order valence-corrected chi connectivity index (χ4v) is 4.18. The number of rotatable bonds is 5. The molecule has 1 atom stereocenters. The Morgan fingerprint density at radius 1 is 1.12 bits per heavy atom. The summed E-state index contributed by atoms with van der Waals surface area (Å²) in [4.78, 5) is 20.1. The Morgan fingerprint density at radius 3 is 2.58 bits per heavy atom. The second kappa shape index (κ2) is 6.27. The summed E-state index contributed by atoms with van der Waals surface area (Å²) in [5.74, 6) is 0.813. The Morgan fingerprint density at radius 2 is 1.85 bits per heavy atom. The maximum atomic E-state index is 13.3. The van der Waals surface area contributed by atoms with Gasteiger partial charge in [-0.1, -0.05) is 57.5 Å². The molecule has 3 aromatic rings. The van der Waals surface area contributed by atoms with Crippen LogP contribution in [0.1, 0.15) is 55.4 Å². The van der Waals surface area contributed by atoms with Crippen molar-refractivity contribution in [1.29, 1.82) is 0 Å². The van der Waals surface area contributed by atoms with Crippen LogP contribution in [0, 0.1) is 5.92 Å². The fraction of sp³-hybridized carbons (Fsp3) is 0.364. The molecule has 4 nitrogen and oxygen atoms in total. The van der Waals surface area contributed by atoms with Gasteiger partial charge in [0, 0.05) is 17.7 Å². The first kappa shape index (κ1) is 16.8. The SMILES string of the molecule is CCCCN1C(=O)c2ccccc2C1(c1nc2ccccc2o1)C(C)C. The third-order valence-corrected chi connectivity index (χ3v) is 5.43. The van der Waals surface area contributed by atoms with Gasteiger partial charge in [0.2, 0.25) is 5.89 Å². The number of aromatic nitrogens is 1. The van der Waals surface area contributed by atoms with Crippen molar-refractivity contribution >= 4 is 17.0 Å². The second-order valence-corrected chi connectivity index (χ2v) is 7.26. The number of amides is 1. The number of para-hydroxylation sites is 2. The maximum Gasteiger partial charge on any atom is 0.255 e. The third kappa shape index (κ3) is 2.21. The van der Waals surface area contributed by atoms with Crippen LogP contribution < -0.4 is 0 Å². The minimum Gasteiger partial charge on any atom is -0.438 e. The van der Waals surface area contributed by atoms with E-state index in [9.17, 15) is 4.79 Å². The summed E-state index contributed by atoms with van der Waals surface area (Å²) in [6.45, 7) is 7.12. The Labute approximate surface area is 153 Å². The highest BCUT2D eigenvalue weighted by Gasteiger charge is 2.55. The van der Waals surface area contributed by atoms with Crippen molar-refractivity contribution in [3.8, 4) is 0 Å². The molecule has 4 rings (SSSR count). The molecule has 0 spiro atoms. The molecule has 0 saturated heterocycles. The summed E-state index contributed by atoms with van der Waals surface area (Å²) in [6.07, 6.45) is 1.98. The number of oxazole rings is 1. The molecular formula is C22H24N2O2. The number of nitrogens with zero attached hydrogens (tertiary/aromatic N) is 2. The summed E-state index contributed by atoms with van der Waals surface area (Å²) in [5.41, 5.74) is 2.69. The first-order chi connectivity index (χ1) is 12.6. The topological polar surface area (TPSA) is 46.3 Å². The fourth-order valence-electron chi connectivity index (χ4n) is 4.18. The number of fused-ring (bicyclic) bond motifs is 2. The second-order valence-electron chi connectivity index (χ2n) is 7.26. The normalized spacial score (nSPS) is 19.5. The van der Waals surface area contributed by atoms with Gasteiger partial charge in [-0.15, -0.1) is 0 Å². The van der Waals surface area contributed by atoms with Crippen molar-refractivity contribution in [1.82, 2.24) is 9.88 Å². The lowest BCUT2D eigenvalue weighted by atomic mass is 9.79. The van der Waals surface area contributed by atoms with Gasteiger partial charge in [0.1, 0.15) is 11.1 Å². The summed E-state index contributed by atoms with van der Waals surface area (Å²) in [6, 6.07) is 15.7. The number of hydrogen-bond donors (Lipinski definition) is 0. The largest absolute Gasteiger partial charge is 0.438 e. The molecule has 0 radical (unpaired) electrons. The lowest BCUT2D eigenvalue weighted by molar-refractivity contribution is 0.0440. The van der Waals surface area contributed by atoms with Crippen molar-refractivity contribution in [2.75, 3.05) is 6.54 Å². The number of benzene rings is 2. The summed E-state index contributed by atoms with van der Waals surface area (Å²) < 4.78 is 6.23. The highest BCUT2D eigenvalue weighted by atomic mass is 16.4. The van der Waals surface area contributed by atoms with E-state index in [1.165, 1.54) is 0 Å². The third-order valence-electron chi connectivity index (χ3n) is 5.43. The predicted molar refractivity (Wildman–Crippen MR) is 102 cm³/mol. The van der Waals surface area contributed by atoms with Gasteiger partial charge in [-0.25, -0.2) is 4.98 Å². The summed E-state index contributed by atoms with van der Waals surface area (Å²) >= 11 is 0. The van der Waals surface area contributed by atoms with Crippen LogP contribution in [0.5, 0.6) is 0 Å². The Bertz CT molecular complexity index is 926. The van der Waals surface area contributed by atoms with Crippen LogP contribution in [0.15, 0.2) is 52.9 Å². The Kier molecular flexibility index (Phi) is 4.06. The molecule has 0 bridgehead atoms. The molecule has 1 unspecified atom stereocenters. The molecule has 1 aromatic heterocycles. The van der Waals surface area contributed by atoms with E-state index in [0.29, 0.717) is 12.4 Å². The summed E-state index contributed by atoms with van der Waals surface area (Å²) in [7, 11) is 0. The van der Waals surface area contributed by atoms with Crippen molar-refractivity contribution in [2.45, 2.75) is 39.2 Å². The molecule has 26 heavy (non-hydrogen) atoms. The average molecular weight is 348 g/mol. The number of carbonyl (C=O) groups excluding carboxylic acids is 1. The Hall–Kier alpha value is -2.62. The van der Waals surface area contributed by atoms with E-state index < -0.39 is 5.54 Å². The number of carbonyl (C=O) groups is 1. The van der Waals surface area contributed by atoms with E-state index >= 15 is 0 Å². The van der Waals surface area contributed by atoms with Gasteiger partial charge in [0.25, 0.3) is 5.91 Å². The van der Waals surface area contributed by atoms with E-state index in [1.807, 2.05) is 53.4 Å². The van der Waals surface area contributed by atoms with Crippen LogP contribution in [-0.4, -0.2) is 22.3 Å². The molecular weight excluding hydrogens is 324 g/mol. The van der Waals surface area contributed by atoms with Gasteiger partial charge in [-0.2, -0.15) is 0 Å². The molecule has 0 aliphatic carbocycles. The van der Waals surface area contributed by atoms with Gasteiger partial charge < -0.3 is 9.32 Å². The molecule has 2 heterocycles. The van der Waals surface area contributed by atoms with E-state index in [4.69, 9.17) is 9.40 Å². The van der Waals surface area contributed by atoms with E-state index in [1.54, 1.807) is 0 Å². The van der Waals surface area contributed by atoms with Gasteiger partial charge in [-0.05, 0) is 30.5 Å².